The van der Waals surface area contributed by atoms with E-state index in [1.165, 1.54) is 5.56 Å². The third kappa shape index (κ3) is 9.84. The molecule has 51 heavy (non-hydrogen) atoms. The first-order valence-corrected chi connectivity index (χ1v) is 18.0. The summed E-state index contributed by atoms with van der Waals surface area (Å²) >= 11 is 0. The molecule has 11 heteroatoms. The minimum absolute atomic E-state index is 0.0535. The minimum atomic E-state index is -1.00. The van der Waals surface area contributed by atoms with Crippen molar-refractivity contribution < 1.29 is 33.5 Å². The fourth-order valence-corrected chi connectivity index (χ4v) is 6.65. The molecule has 2 N–H and O–H groups in total. The number of imide groups is 2. The highest BCUT2D eigenvalue weighted by Crippen LogP contribution is 2.30. The highest BCUT2D eigenvalue weighted by Gasteiger charge is 2.45. The average Bonchev–Trinajstić information content (AvgIpc) is 3.34. The lowest BCUT2D eigenvalue weighted by molar-refractivity contribution is -0.136. The lowest BCUT2D eigenvalue weighted by atomic mass is 9.90. The van der Waals surface area contributed by atoms with Gasteiger partial charge < -0.3 is 15.0 Å². The molecule has 6 amide bonds. The second-order valence-electron chi connectivity index (χ2n) is 14.7. The van der Waals surface area contributed by atoms with E-state index in [0.29, 0.717) is 37.2 Å². The van der Waals surface area contributed by atoms with Crippen molar-refractivity contribution in [2.75, 3.05) is 19.7 Å². The van der Waals surface area contributed by atoms with Gasteiger partial charge in [0, 0.05) is 44.5 Å². The number of amides is 6. The fraction of sp³-hybridized carbons (Fsp3) is 0.500. The van der Waals surface area contributed by atoms with Crippen molar-refractivity contribution in [3.05, 3.63) is 64.2 Å². The quantitative estimate of drug-likeness (QED) is 0.176. The Morgan fingerprint density at radius 3 is 2.47 bits per heavy atom. The number of nitrogens with zero attached hydrogens (tertiary/aromatic N) is 2. The molecule has 0 radical (unpaired) electrons. The molecule has 0 bridgehead atoms. The van der Waals surface area contributed by atoms with Crippen molar-refractivity contribution >= 4 is 35.4 Å². The van der Waals surface area contributed by atoms with Crippen LogP contribution >= 0.6 is 0 Å². The van der Waals surface area contributed by atoms with Gasteiger partial charge in [0.25, 0.3) is 17.7 Å². The SMILES string of the molecule is CC(C)(C)CC(=O)N1CCc2ccc(OCC(=O)NCCCCCCCCC#Cc3cccc4c3C(=O)N(C3CCC(=O)NC3=O)C4=O)cc2C1. The van der Waals surface area contributed by atoms with Crippen LogP contribution in [0.25, 0.3) is 0 Å². The summed E-state index contributed by atoms with van der Waals surface area (Å²) in [7, 11) is 0. The largest absolute Gasteiger partial charge is 0.484 e. The first kappa shape index (κ1) is 37.3. The predicted octanol–water partition coefficient (Wildman–Crippen LogP) is 4.69. The second-order valence-corrected chi connectivity index (χ2v) is 14.7. The Balaban J connectivity index is 0.943. The van der Waals surface area contributed by atoms with E-state index < -0.39 is 29.7 Å². The Morgan fingerprint density at radius 1 is 0.941 bits per heavy atom. The van der Waals surface area contributed by atoms with Crippen molar-refractivity contribution in [1.29, 1.82) is 0 Å². The summed E-state index contributed by atoms with van der Waals surface area (Å²) in [6.07, 6.45) is 8.04. The molecule has 0 aromatic heterocycles. The maximum Gasteiger partial charge on any atom is 0.263 e. The van der Waals surface area contributed by atoms with Gasteiger partial charge >= 0.3 is 0 Å². The van der Waals surface area contributed by atoms with Gasteiger partial charge in [0.05, 0.1) is 11.1 Å². The summed E-state index contributed by atoms with van der Waals surface area (Å²) in [5.74, 6) is 4.67. The number of hydrogen-bond acceptors (Lipinski definition) is 7. The Morgan fingerprint density at radius 2 is 1.71 bits per heavy atom. The molecule has 1 unspecified atom stereocenters. The summed E-state index contributed by atoms with van der Waals surface area (Å²) in [4.78, 5) is 78.0. The zero-order chi connectivity index (χ0) is 36.5. The van der Waals surface area contributed by atoms with Gasteiger partial charge in [-0.15, -0.1) is 0 Å². The highest BCUT2D eigenvalue weighted by molar-refractivity contribution is 6.24. The predicted molar refractivity (Wildman–Crippen MR) is 190 cm³/mol. The summed E-state index contributed by atoms with van der Waals surface area (Å²) in [5.41, 5.74) is 3.14. The van der Waals surface area contributed by atoms with Crippen molar-refractivity contribution in [3.8, 4) is 17.6 Å². The molecule has 270 valence electrons. The number of rotatable bonds is 13. The summed E-state index contributed by atoms with van der Waals surface area (Å²) in [5, 5.41) is 5.13. The van der Waals surface area contributed by atoms with Crippen LogP contribution in [0.4, 0.5) is 0 Å². The van der Waals surface area contributed by atoms with Crippen LogP contribution in [0.3, 0.4) is 0 Å². The van der Waals surface area contributed by atoms with Gasteiger partial charge in [-0.2, -0.15) is 0 Å². The van der Waals surface area contributed by atoms with Crippen LogP contribution in [-0.4, -0.2) is 71.0 Å². The van der Waals surface area contributed by atoms with Gasteiger partial charge in [0.2, 0.25) is 17.7 Å². The van der Waals surface area contributed by atoms with Gasteiger partial charge in [0.15, 0.2) is 6.61 Å². The monoisotopic (exact) mass is 696 g/mol. The minimum Gasteiger partial charge on any atom is -0.484 e. The topological polar surface area (TPSA) is 142 Å². The van der Waals surface area contributed by atoms with Crippen molar-refractivity contribution in [2.45, 2.75) is 104 Å². The van der Waals surface area contributed by atoms with Gasteiger partial charge in [0.1, 0.15) is 11.8 Å². The van der Waals surface area contributed by atoms with Crippen LogP contribution in [0.5, 0.6) is 5.75 Å². The van der Waals surface area contributed by atoms with Crippen LogP contribution < -0.4 is 15.4 Å². The van der Waals surface area contributed by atoms with Crippen LogP contribution in [-0.2, 0) is 32.1 Å². The number of benzene rings is 2. The standard InChI is InChI=1S/C40H48N4O7/c1-40(2,3)24-35(47)43-22-20-27-16-17-30(23-29(27)25-43)51-26-34(46)41-21-11-9-7-5-4-6-8-10-13-28-14-12-15-31-36(28)39(50)44(38(31)49)32-18-19-33(45)42-37(32)48/h12,14-17,23,32H,4-9,11,18-22,24-26H2,1-3H3,(H,41,46)(H,42,45,48). The Bertz CT molecular complexity index is 1750. The zero-order valence-electron chi connectivity index (χ0n) is 29.9. The average molecular weight is 697 g/mol. The molecule has 3 heterocycles. The lowest BCUT2D eigenvalue weighted by Crippen LogP contribution is -2.54. The lowest BCUT2D eigenvalue weighted by Gasteiger charge is -2.31. The number of carbonyl (C=O) groups excluding carboxylic acids is 6. The Labute approximate surface area is 299 Å². The number of nitrogens with one attached hydrogen (secondary N) is 2. The van der Waals surface area contributed by atoms with Crippen LogP contribution in [0.15, 0.2) is 36.4 Å². The van der Waals surface area contributed by atoms with Gasteiger partial charge in [-0.05, 0) is 66.5 Å². The van der Waals surface area contributed by atoms with Crippen LogP contribution in [0.1, 0.15) is 122 Å². The van der Waals surface area contributed by atoms with Crippen molar-refractivity contribution in [1.82, 2.24) is 20.4 Å². The molecular formula is C40H48N4O7. The number of hydrogen-bond donors (Lipinski definition) is 2. The molecule has 0 spiro atoms. The fourth-order valence-electron chi connectivity index (χ4n) is 6.65. The second kappa shape index (κ2) is 16.8. The molecule has 1 saturated heterocycles. The number of unbranched alkanes of at least 4 members (excludes halogenated alkanes) is 6. The smallest absolute Gasteiger partial charge is 0.263 e. The summed E-state index contributed by atoms with van der Waals surface area (Å²) in [6, 6.07) is 9.81. The molecular weight excluding hydrogens is 648 g/mol. The molecule has 2 aromatic rings. The molecule has 11 nitrogen and oxygen atoms in total. The van der Waals surface area contributed by atoms with E-state index in [2.05, 4.69) is 43.2 Å². The summed E-state index contributed by atoms with van der Waals surface area (Å²) in [6.45, 7) is 8.03. The van der Waals surface area contributed by atoms with Crippen molar-refractivity contribution in [3.63, 3.8) is 0 Å². The van der Waals surface area contributed by atoms with E-state index in [1.54, 1.807) is 18.2 Å². The molecule has 1 fully saturated rings. The first-order chi connectivity index (χ1) is 24.4. The van der Waals surface area contributed by atoms with Gasteiger partial charge in [-0.3, -0.25) is 39.0 Å². The molecule has 0 saturated carbocycles. The maximum atomic E-state index is 13.2. The number of ether oxygens (including phenoxy) is 1. The van der Waals surface area contributed by atoms with E-state index in [-0.39, 0.29) is 47.8 Å². The summed E-state index contributed by atoms with van der Waals surface area (Å²) < 4.78 is 5.76. The normalized spacial score (nSPS) is 17.0. The van der Waals surface area contributed by atoms with Gasteiger partial charge in [-0.25, -0.2) is 0 Å². The maximum absolute atomic E-state index is 13.2. The molecule has 2 aromatic carbocycles. The van der Waals surface area contributed by atoms with E-state index in [4.69, 9.17) is 4.74 Å². The number of piperidine rings is 1. The molecule has 5 rings (SSSR count). The van der Waals surface area contributed by atoms with E-state index in [9.17, 15) is 28.8 Å². The van der Waals surface area contributed by atoms with E-state index >= 15 is 0 Å². The van der Waals surface area contributed by atoms with E-state index in [0.717, 1.165) is 62.0 Å². The Hall–Kier alpha value is -4.98. The van der Waals surface area contributed by atoms with E-state index in [1.807, 2.05) is 23.1 Å². The third-order valence-corrected chi connectivity index (χ3v) is 9.34. The van der Waals surface area contributed by atoms with Gasteiger partial charge in [-0.1, -0.05) is 70.4 Å². The first-order valence-electron chi connectivity index (χ1n) is 18.0. The molecule has 3 aliphatic rings. The zero-order valence-corrected chi connectivity index (χ0v) is 29.9. The van der Waals surface area contributed by atoms with Crippen molar-refractivity contribution in [2.24, 2.45) is 5.41 Å². The van der Waals surface area contributed by atoms with Crippen LogP contribution in [0.2, 0.25) is 0 Å². The number of carbonyl (C=O) groups is 6. The number of fused-ring (bicyclic) bond motifs is 2. The Kier molecular flexibility index (Phi) is 12.3. The third-order valence-electron chi connectivity index (χ3n) is 9.34. The molecule has 1 atom stereocenters. The highest BCUT2D eigenvalue weighted by atomic mass is 16.5. The van der Waals surface area contributed by atoms with Crippen LogP contribution in [0, 0.1) is 17.3 Å². The molecule has 0 aliphatic carbocycles. The molecule has 3 aliphatic heterocycles.